The zero-order chi connectivity index (χ0) is 17.6. The van der Waals surface area contributed by atoms with E-state index < -0.39 is 10.0 Å². The number of amides is 1. The minimum atomic E-state index is -3.52. The van der Waals surface area contributed by atoms with Crippen LogP contribution in [0.1, 0.15) is 37.0 Å². The highest BCUT2D eigenvalue weighted by Gasteiger charge is 2.18. The first-order valence-corrected chi connectivity index (χ1v) is 10.1. The summed E-state index contributed by atoms with van der Waals surface area (Å²) in [5.41, 5.74) is 0.509. The van der Waals surface area contributed by atoms with Crippen molar-refractivity contribution in [2.24, 2.45) is 5.92 Å². The second-order valence-electron chi connectivity index (χ2n) is 6.05. The molecule has 6 nitrogen and oxygen atoms in total. The fourth-order valence-corrected chi connectivity index (χ4v) is 3.96. The van der Waals surface area contributed by atoms with Gasteiger partial charge in [0.15, 0.2) is 0 Å². The van der Waals surface area contributed by atoms with Gasteiger partial charge in [0.25, 0.3) is 5.91 Å². The number of carbonyl (C=O) groups excluding carboxylic acids is 1. The molecule has 1 saturated heterocycles. The van der Waals surface area contributed by atoms with E-state index >= 15 is 0 Å². The van der Waals surface area contributed by atoms with Gasteiger partial charge in [-0.05, 0) is 70.0 Å². The molecule has 8 heteroatoms. The van der Waals surface area contributed by atoms with Crippen LogP contribution in [0.2, 0.25) is 0 Å². The molecule has 1 atom stereocenters. The van der Waals surface area contributed by atoms with Gasteiger partial charge in [-0.2, -0.15) is 0 Å². The maximum absolute atomic E-state index is 12.3. The Kier molecular flexibility index (Phi) is 8.85. The lowest BCUT2D eigenvalue weighted by molar-refractivity contribution is 0.0773. The fourth-order valence-electron chi connectivity index (χ4n) is 2.91. The van der Waals surface area contributed by atoms with Crippen molar-refractivity contribution in [2.75, 3.05) is 32.7 Å². The predicted molar refractivity (Wildman–Crippen MR) is 102 cm³/mol. The van der Waals surface area contributed by atoms with Gasteiger partial charge in [-0.1, -0.05) is 0 Å². The third-order valence-corrected chi connectivity index (χ3v) is 5.95. The highest BCUT2D eigenvalue weighted by Crippen LogP contribution is 2.14. The van der Waals surface area contributed by atoms with Crippen molar-refractivity contribution in [3.8, 4) is 0 Å². The molecule has 1 aliphatic heterocycles. The predicted octanol–water partition coefficient (Wildman–Crippen LogP) is 1.87. The van der Waals surface area contributed by atoms with Crippen molar-refractivity contribution < 1.29 is 13.2 Å². The van der Waals surface area contributed by atoms with Gasteiger partial charge >= 0.3 is 0 Å². The van der Waals surface area contributed by atoms with E-state index in [9.17, 15) is 13.2 Å². The van der Waals surface area contributed by atoms with Crippen molar-refractivity contribution in [1.29, 1.82) is 0 Å². The van der Waals surface area contributed by atoms with Gasteiger partial charge in [0.1, 0.15) is 0 Å². The van der Waals surface area contributed by atoms with E-state index in [1.807, 2.05) is 13.8 Å². The molecule has 142 valence electrons. The number of carbonyl (C=O) groups is 1. The molecule has 0 saturated carbocycles. The van der Waals surface area contributed by atoms with Crippen molar-refractivity contribution in [2.45, 2.75) is 31.6 Å². The van der Waals surface area contributed by atoms with Gasteiger partial charge in [-0.25, -0.2) is 13.1 Å². The Morgan fingerprint density at radius 2 is 1.88 bits per heavy atom. The van der Waals surface area contributed by atoms with Gasteiger partial charge in [-0.15, -0.1) is 12.4 Å². The Bertz CT molecular complexity index is 640. The van der Waals surface area contributed by atoms with E-state index in [1.54, 1.807) is 17.0 Å². The third-order valence-electron chi connectivity index (χ3n) is 4.47. The largest absolute Gasteiger partial charge is 0.339 e. The van der Waals surface area contributed by atoms with Crippen LogP contribution in [0, 0.1) is 5.92 Å². The molecule has 0 aliphatic carbocycles. The summed E-state index contributed by atoms with van der Waals surface area (Å²) in [6.07, 6.45) is 1.94. The second-order valence-corrected chi connectivity index (χ2v) is 7.81. The highest BCUT2D eigenvalue weighted by molar-refractivity contribution is 7.89. The highest BCUT2D eigenvalue weighted by atomic mass is 35.5. The summed E-state index contributed by atoms with van der Waals surface area (Å²) >= 11 is 0. The first-order chi connectivity index (χ1) is 11.5. The Hall–Kier alpha value is -1.15. The molecule has 2 rings (SSSR count). The minimum absolute atomic E-state index is 0. The Labute approximate surface area is 156 Å². The lowest BCUT2D eigenvalue weighted by Crippen LogP contribution is -2.30. The Morgan fingerprint density at radius 1 is 1.24 bits per heavy atom. The number of rotatable bonds is 8. The number of hydrogen-bond acceptors (Lipinski definition) is 4. The van der Waals surface area contributed by atoms with E-state index in [4.69, 9.17) is 0 Å². The van der Waals surface area contributed by atoms with Crippen LogP contribution in [-0.4, -0.2) is 51.9 Å². The number of halogens is 1. The summed E-state index contributed by atoms with van der Waals surface area (Å²) in [6.45, 7) is 7.52. The summed E-state index contributed by atoms with van der Waals surface area (Å²) in [6, 6.07) is 6.15. The zero-order valence-corrected chi connectivity index (χ0v) is 16.5. The first-order valence-electron chi connectivity index (χ1n) is 8.57. The Morgan fingerprint density at radius 3 is 2.40 bits per heavy atom. The number of nitrogens with one attached hydrogen (secondary N) is 2. The van der Waals surface area contributed by atoms with E-state index in [0.717, 1.165) is 25.9 Å². The molecule has 1 amide bonds. The molecule has 1 fully saturated rings. The molecular weight excluding hydrogens is 362 g/mol. The molecule has 0 radical (unpaired) electrons. The van der Waals surface area contributed by atoms with Crippen molar-refractivity contribution in [3.05, 3.63) is 29.8 Å². The van der Waals surface area contributed by atoms with Crippen LogP contribution in [-0.2, 0) is 10.0 Å². The molecule has 1 aliphatic rings. The number of nitrogens with zero attached hydrogens (tertiary/aromatic N) is 1. The first kappa shape index (κ1) is 21.9. The monoisotopic (exact) mass is 389 g/mol. The summed E-state index contributed by atoms with van der Waals surface area (Å²) in [5, 5.41) is 3.27. The average molecular weight is 390 g/mol. The van der Waals surface area contributed by atoms with Gasteiger partial charge in [-0.3, -0.25) is 4.79 Å². The summed E-state index contributed by atoms with van der Waals surface area (Å²) in [7, 11) is -3.52. The Balaban J connectivity index is 0.00000312. The van der Waals surface area contributed by atoms with Crippen LogP contribution in [0.3, 0.4) is 0 Å². The average Bonchev–Trinajstić information content (AvgIpc) is 3.09. The fraction of sp³-hybridized carbons (Fsp3) is 0.588. The molecule has 0 spiro atoms. The molecular formula is C17H28ClN3O3S. The van der Waals surface area contributed by atoms with Crippen LogP contribution in [0.25, 0.3) is 0 Å². The van der Waals surface area contributed by atoms with Gasteiger partial charge in [0.2, 0.25) is 10.0 Å². The minimum Gasteiger partial charge on any atom is -0.339 e. The summed E-state index contributed by atoms with van der Waals surface area (Å²) < 4.78 is 27.3. The second kappa shape index (κ2) is 10.1. The van der Waals surface area contributed by atoms with Crippen LogP contribution in [0.15, 0.2) is 29.2 Å². The SMILES string of the molecule is CCN(CC)C(=O)c1ccc(S(=O)(=O)NCCC2CCNC2)cc1.Cl. The maximum Gasteiger partial charge on any atom is 0.253 e. The van der Waals surface area contributed by atoms with Crippen LogP contribution in [0.4, 0.5) is 0 Å². The molecule has 1 aromatic rings. The lowest BCUT2D eigenvalue weighted by atomic mass is 10.1. The third kappa shape index (κ3) is 5.95. The molecule has 1 heterocycles. The van der Waals surface area contributed by atoms with Crippen LogP contribution in [0.5, 0.6) is 0 Å². The maximum atomic E-state index is 12.3. The number of hydrogen-bond donors (Lipinski definition) is 2. The van der Waals surface area contributed by atoms with Crippen LogP contribution < -0.4 is 10.0 Å². The van der Waals surface area contributed by atoms with Crippen molar-refractivity contribution in [3.63, 3.8) is 0 Å². The molecule has 1 unspecified atom stereocenters. The summed E-state index contributed by atoms with van der Waals surface area (Å²) in [4.78, 5) is 14.1. The lowest BCUT2D eigenvalue weighted by Gasteiger charge is -2.18. The van der Waals surface area contributed by atoms with E-state index in [2.05, 4.69) is 10.0 Å². The standard InChI is InChI=1S/C17H27N3O3S.ClH/c1-3-20(4-2)17(21)15-5-7-16(8-6-15)24(22,23)19-12-10-14-9-11-18-13-14;/h5-8,14,18-19H,3-4,9-13H2,1-2H3;1H. The molecule has 0 bridgehead atoms. The number of sulfonamides is 1. The summed E-state index contributed by atoms with van der Waals surface area (Å²) in [5.74, 6) is 0.465. The molecule has 1 aromatic carbocycles. The molecule has 25 heavy (non-hydrogen) atoms. The normalized spacial score (nSPS) is 17.1. The van der Waals surface area contributed by atoms with E-state index in [1.165, 1.54) is 12.1 Å². The zero-order valence-electron chi connectivity index (χ0n) is 14.8. The van der Waals surface area contributed by atoms with Gasteiger partial charge in [0, 0.05) is 25.2 Å². The van der Waals surface area contributed by atoms with Gasteiger partial charge < -0.3 is 10.2 Å². The number of benzene rings is 1. The van der Waals surface area contributed by atoms with E-state index in [-0.39, 0.29) is 23.2 Å². The van der Waals surface area contributed by atoms with Gasteiger partial charge in [0.05, 0.1) is 4.90 Å². The quantitative estimate of drug-likeness (QED) is 0.711. The molecule has 0 aromatic heterocycles. The van der Waals surface area contributed by atoms with Crippen molar-refractivity contribution in [1.82, 2.24) is 14.9 Å². The van der Waals surface area contributed by atoms with E-state index in [0.29, 0.717) is 31.1 Å². The van der Waals surface area contributed by atoms with Crippen molar-refractivity contribution >= 4 is 28.3 Å². The van der Waals surface area contributed by atoms with Crippen LogP contribution >= 0.6 is 12.4 Å². The topological polar surface area (TPSA) is 78.5 Å². The smallest absolute Gasteiger partial charge is 0.253 e. The molecule has 2 N–H and O–H groups in total.